The number of halogens is 1. The minimum absolute atomic E-state index is 0.0847. The minimum Gasteiger partial charge on any atom is -0.363 e. The number of nitrogens with one attached hydrogen (secondary N) is 1. The Morgan fingerprint density at radius 3 is 2.56 bits per heavy atom. The molecule has 6 nitrogen and oxygen atoms in total. The molecule has 0 spiro atoms. The zero-order chi connectivity index (χ0) is 24.6. The molecule has 8 heteroatoms. The zero-order valence-corrected chi connectivity index (χ0v) is 20.3. The predicted octanol–water partition coefficient (Wildman–Crippen LogP) is 5.52. The van der Waals surface area contributed by atoms with Crippen molar-refractivity contribution >= 4 is 51.8 Å². The summed E-state index contributed by atoms with van der Waals surface area (Å²) in [6.07, 6.45) is 3.53. The van der Waals surface area contributed by atoms with Gasteiger partial charge >= 0.3 is 0 Å². The lowest BCUT2D eigenvalue weighted by atomic mass is 9.88. The van der Waals surface area contributed by atoms with Crippen molar-refractivity contribution < 1.29 is 18.8 Å². The van der Waals surface area contributed by atoms with Gasteiger partial charge in [-0.25, -0.2) is 4.39 Å². The third kappa shape index (κ3) is 4.50. The fourth-order valence-electron chi connectivity index (χ4n) is 4.45. The van der Waals surface area contributed by atoms with Gasteiger partial charge in [-0.05, 0) is 75.4 Å². The van der Waals surface area contributed by atoms with Gasteiger partial charge in [0.2, 0.25) is 5.91 Å². The van der Waals surface area contributed by atoms with Crippen LogP contribution in [0, 0.1) is 5.82 Å². The van der Waals surface area contributed by atoms with Gasteiger partial charge in [0.05, 0.1) is 10.4 Å². The second-order valence-electron chi connectivity index (χ2n) is 8.80. The summed E-state index contributed by atoms with van der Waals surface area (Å²) < 4.78 is 15.1. The summed E-state index contributed by atoms with van der Waals surface area (Å²) in [5.41, 5.74) is 3.25. The quantitative estimate of drug-likeness (QED) is 0.572. The molecule has 1 saturated heterocycles. The first-order valence-electron chi connectivity index (χ1n) is 11.0. The van der Waals surface area contributed by atoms with Gasteiger partial charge in [-0.3, -0.25) is 19.3 Å². The lowest BCUT2D eigenvalue weighted by Crippen LogP contribution is -2.45. The molecule has 2 aliphatic heterocycles. The van der Waals surface area contributed by atoms with E-state index in [1.54, 1.807) is 30.3 Å². The Morgan fingerprint density at radius 2 is 1.88 bits per heavy atom. The molecule has 176 valence electrons. The second kappa shape index (κ2) is 9.10. The standard InChI is InChI=1S/C26H26FN3O3S/c1-5-30-21-13-20(27)17(11-19(21)16(2)14-26(30,3)4)12-22-24(32)29(25(33)34-22)15-23(31)28-18-9-7-6-8-10-18/h6-14H,5,15H2,1-4H3,(H,28,31)/b22-12+. The van der Waals surface area contributed by atoms with E-state index in [1.807, 2.05) is 19.9 Å². The lowest BCUT2D eigenvalue weighted by molar-refractivity contribution is -0.127. The first-order valence-corrected chi connectivity index (χ1v) is 11.8. The Bertz CT molecular complexity index is 1240. The highest BCUT2D eigenvalue weighted by Gasteiger charge is 2.37. The summed E-state index contributed by atoms with van der Waals surface area (Å²) >= 11 is 0.703. The predicted molar refractivity (Wildman–Crippen MR) is 135 cm³/mol. The van der Waals surface area contributed by atoms with E-state index >= 15 is 4.39 Å². The van der Waals surface area contributed by atoms with Crippen molar-refractivity contribution in [2.45, 2.75) is 33.2 Å². The van der Waals surface area contributed by atoms with Gasteiger partial charge in [-0.1, -0.05) is 24.3 Å². The number of carbonyl (C=O) groups is 3. The number of hydrogen-bond acceptors (Lipinski definition) is 5. The lowest BCUT2D eigenvalue weighted by Gasteiger charge is -2.42. The van der Waals surface area contributed by atoms with Crippen LogP contribution in [-0.4, -0.2) is 40.6 Å². The van der Waals surface area contributed by atoms with Crippen molar-refractivity contribution in [3.8, 4) is 0 Å². The molecule has 2 heterocycles. The van der Waals surface area contributed by atoms with Gasteiger partial charge in [0.15, 0.2) is 0 Å². The van der Waals surface area contributed by atoms with E-state index in [2.05, 4.69) is 30.1 Å². The van der Waals surface area contributed by atoms with E-state index in [0.717, 1.165) is 21.7 Å². The number of rotatable bonds is 5. The van der Waals surface area contributed by atoms with Gasteiger partial charge in [-0.15, -0.1) is 0 Å². The van der Waals surface area contributed by atoms with Crippen molar-refractivity contribution in [1.29, 1.82) is 0 Å². The molecule has 34 heavy (non-hydrogen) atoms. The molecule has 0 atom stereocenters. The number of amides is 3. The average molecular weight is 480 g/mol. The van der Waals surface area contributed by atoms with E-state index in [0.29, 0.717) is 24.0 Å². The van der Waals surface area contributed by atoms with Crippen molar-refractivity contribution in [2.75, 3.05) is 23.3 Å². The number of fused-ring (bicyclic) bond motifs is 1. The van der Waals surface area contributed by atoms with Crippen LogP contribution >= 0.6 is 11.8 Å². The molecule has 0 bridgehead atoms. The summed E-state index contributed by atoms with van der Waals surface area (Å²) in [4.78, 5) is 40.7. The molecule has 1 fully saturated rings. The SMILES string of the molecule is CCN1c2cc(F)c(/C=C3/SC(=O)N(CC(=O)Nc4ccccc4)C3=O)cc2C(C)=CC1(C)C. The molecular weight excluding hydrogens is 453 g/mol. The second-order valence-corrected chi connectivity index (χ2v) is 9.79. The topological polar surface area (TPSA) is 69.7 Å². The summed E-state index contributed by atoms with van der Waals surface area (Å²) in [6.45, 7) is 8.47. The van der Waals surface area contributed by atoms with Gasteiger partial charge in [-0.2, -0.15) is 0 Å². The number of likely N-dealkylation sites (N-methyl/N-ethyl adjacent to an activating group) is 1. The number of allylic oxidation sites excluding steroid dienone is 1. The van der Waals surface area contributed by atoms with Crippen LogP contribution in [0.5, 0.6) is 0 Å². The van der Waals surface area contributed by atoms with Crippen LogP contribution in [0.3, 0.4) is 0 Å². The normalized spacial score (nSPS) is 18.3. The Labute approximate surface area is 202 Å². The van der Waals surface area contributed by atoms with E-state index in [1.165, 1.54) is 12.1 Å². The summed E-state index contributed by atoms with van der Waals surface area (Å²) in [5.74, 6) is -1.58. The molecule has 0 aliphatic carbocycles. The highest BCUT2D eigenvalue weighted by Crippen LogP contribution is 2.41. The molecule has 0 aromatic heterocycles. The number of thioether (sulfide) groups is 1. The Kier molecular flexibility index (Phi) is 6.36. The minimum atomic E-state index is -0.612. The fraction of sp³-hybridized carbons (Fsp3) is 0.269. The number of benzene rings is 2. The highest BCUT2D eigenvalue weighted by molar-refractivity contribution is 8.18. The van der Waals surface area contributed by atoms with Gasteiger partial charge in [0, 0.05) is 29.0 Å². The maximum absolute atomic E-state index is 15.1. The number of carbonyl (C=O) groups excluding carboxylic acids is 3. The van der Waals surface area contributed by atoms with Crippen LogP contribution in [0.1, 0.15) is 38.8 Å². The highest BCUT2D eigenvalue weighted by atomic mass is 32.2. The van der Waals surface area contributed by atoms with Crippen molar-refractivity contribution in [2.24, 2.45) is 0 Å². The van der Waals surface area contributed by atoms with Crippen LogP contribution in [0.2, 0.25) is 0 Å². The molecule has 4 rings (SSSR count). The van der Waals surface area contributed by atoms with Crippen molar-refractivity contribution in [3.05, 3.63) is 70.4 Å². The number of para-hydroxylation sites is 1. The summed E-state index contributed by atoms with van der Waals surface area (Å²) in [6, 6.07) is 12.0. The van der Waals surface area contributed by atoms with E-state index in [-0.39, 0.29) is 16.0 Å². The molecular formula is C26H26FN3O3S. The van der Waals surface area contributed by atoms with Crippen LogP contribution in [-0.2, 0) is 9.59 Å². The molecule has 2 aromatic carbocycles. The zero-order valence-electron chi connectivity index (χ0n) is 19.5. The maximum atomic E-state index is 15.1. The van der Waals surface area contributed by atoms with Crippen LogP contribution in [0.15, 0.2) is 53.4 Å². The maximum Gasteiger partial charge on any atom is 0.294 e. The van der Waals surface area contributed by atoms with Gasteiger partial charge in [0.25, 0.3) is 11.1 Å². The van der Waals surface area contributed by atoms with Crippen LogP contribution in [0.25, 0.3) is 11.6 Å². The number of imide groups is 1. The Balaban J connectivity index is 1.58. The number of anilines is 2. The van der Waals surface area contributed by atoms with Crippen LogP contribution < -0.4 is 10.2 Å². The molecule has 1 N–H and O–H groups in total. The first kappa shape index (κ1) is 23.8. The summed E-state index contributed by atoms with van der Waals surface area (Å²) in [7, 11) is 0. The molecule has 3 amide bonds. The summed E-state index contributed by atoms with van der Waals surface area (Å²) in [5, 5.41) is 2.09. The van der Waals surface area contributed by atoms with Crippen molar-refractivity contribution in [1.82, 2.24) is 4.90 Å². The van der Waals surface area contributed by atoms with E-state index in [4.69, 9.17) is 0 Å². The van der Waals surface area contributed by atoms with E-state index in [9.17, 15) is 14.4 Å². The third-order valence-corrected chi connectivity index (χ3v) is 6.84. The smallest absolute Gasteiger partial charge is 0.294 e. The average Bonchev–Trinajstić information content (AvgIpc) is 3.02. The van der Waals surface area contributed by atoms with Gasteiger partial charge < -0.3 is 10.2 Å². The number of nitrogens with zero attached hydrogens (tertiary/aromatic N) is 2. The number of hydrogen-bond donors (Lipinski definition) is 1. The largest absolute Gasteiger partial charge is 0.363 e. The Hall–Kier alpha value is -3.39. The molecule has 2 aromatic rings. The van der Waals surface area contributed by atoms with Crippen molar-refractivity contribution in [3.63, 3.8) is 0 Å². The van der Waals surface area contributed by atoms with E-state index < -0.39 is 29.4 Å². The molecule has 0 radical (unpaired) electrons. The first-order chi connectivity index (χ1) is 16.1. The molecule has 0 saturated carbocycles. The monoisotopic (exact) mass is 479 g/mol. The third-order valence-electron chi connectivity index (χ3n) is 5.93. The molecule has 2 aliphatic rings. The fourth-order valence-corrected chi connectivity index (χ4v) is 5.28. The van der Waals surface area contributed by atoms with Gasteiger partial charge in [0.1, 0.15) is 12.4 Å². The van der Waals surface area contributed by atoms with Crippen LogP contribution in [0.4, 0.5) is 20.6 Å². The molecule has 0 unspecified atom stereocenters. The Morgan fingerprint density at radius 1 is 1.18 bits per heavy atom.